The van der Waals surface area contributed by atoms with E-state index in [1.54, 1.807) is 32.9 Å². The van der Waals surface area contributed by atoms with Crippen LogP contribution in [0.25, 0.3) is 11.1 Å². The predicted octanol–water partition coefficient (Wildman–Crippen LogP) is 6.26. The van der Waals surface area contributed by atoms with E-state index in [-0.39, 0.29) is 18.1 Å². The number of alkyl carbamates (subject to hydrolysis) is 1. The number of rotatable bonds is 11. The summed E-state index contributed by atoms with van der Waals surface area (Å²) in [6.07, 6.45) is -0.878. The minimum absolute atomic E-state index is 0.0979. The quantitative estimate of drug-likeness (QED) is 0.154. The molecule has 0 fully saturated rings. The van der Waals surface area contributed by atoms with E-state index in [0.29, 0.717) is 18.9 Å². The van der Waals surface area contributed by atoms with Crippen molar-refractivity contribution in [2.75, 3.05) is 17.7 Å². The Morgan fingerprint density at radius 3 is 2.25 bits per heavy atom. The Labute approximate surface area is 248 Å². The van der Waals surface area contributed by atoms with Gasteiger partial charge in [-0.2, -0.15) is 5.10 Å². The molecular formula is C27H44Cl2N6O4Si. The molecule has 0 unspecified atom stereocenters. The first-order valence-corrected chi connectivity index (χ1v) is 17.7. The maximum Gasteiger partial charge on any atom is 0.408 e. The number of hydrogen-bond donors (Lipinski definition) is 3. The molecule has 0 aliphatic heterocycles. The number of carbonyl (C=O) groups excluding carboxylic acids is 2. The van der Waals surface area contributed by atoms with Crippen LogP contribution in [0.2, 0.25) is 25.7 Å². The Bertz CT molecular complexity index is 1220. The average molecular weight is 616 g/mol. The fourth-order valence-electron chi connectivity index (χ4n) is 4.08. The second-order valence-electron chi connectivity index (χ2n) is 12.7. The van der Waals surface area contributed by atoms with Crippen molar-refractivity contribution in [2.45, 2.75) is 103 Å². The van der Waals surface area contributed by atoms with Crippen LogP contribution in [0.15, 0.2) is 12.1 Å². The third kappa shape index (κ3) is 10.2. The molecule has 13 heteroatoms. The summed E-state index contributed by atoms with van der Waals surface area (Å²) in [6.45, 7) is 20.0. The molecule has 10 nitrogen and oxygen atoms in total. The van der Waals surface area contributed by atoms with Crippen LogP contribution in [0, 0.1) is 13.8 Å². The first-order valence-electron chi connectivity index (χ1n) is 13.2. The lowest BCUT2D eigenvalue weighted by atomic mass is 9.94. The number of carbonyl (C=O) groups is 2. The summed E-state index contributed by atoms with van der Waals surface area (Å²) in [4.78, 5) is 30.3. The Kier molecular flexibility index (Phi) is 10.7. The van der Waals surface area contributed by atoms with E-state index in [4.69, 9.17) is 38.4 Å². The molecule has 1 atom stereocenters. The lowest BCUT2D eigenvalue weighted by Gasteiger charge is -2.33. The van der Waals surface area contributed by atoms with Gasteiger partial charge < -0.3 is 25.8 Å². The lowest BCUT2D eigenvalue weighted by molar-refractivity contribution is -0.122. The number of nitrogens with zero attached hydrogens (tertiary/aromatic N) is 3. The zero-order valence-electron chi connectivity index (χ0n) is 25.3. The highest BCUT2D eigenvalue weighted by Gasteiger charge is 2.42. The molecule has 224 valence electrons. The first kappa shape index (κ1) is 33.9. The van der Waals surface area contributed by atoms with Gasteiger partial charge in [0.1, 0.15) is 33.8 Å². The molecule has 0 radical (unpaired) electrons. The molecule has 0 spiro atoms. The van der Waals surface area contributed by atoms with Crippen molar-refractivity contribution in [2.24, 2.45) is 0 Å². The number of pyridine rings is 1. The van der Waals surface area contributed by atoms with Gasteiger partial charge >= 0.3 is 6.09 Å². The van der Waals surface area contributed by atoms with Crippen LogP contribution in [0.5, 0.6) is 0 Å². The van der Waals surface area contributed by atoms with E-state index in [1.807, 2.05) is 18.5 Å². The van der Waals surface area contributed by atoms with Gasteiger partial charge in [-0.15, -0.1) is 23.2 Å². The summed E-state index contributed by atoms with van der Waals surface area (Å²) in [5, 5.41) is 9.95. The smallest absolute Gasteiger partial charge is 0.408 e. The number of amides is 2. The summed E-state index contributed by atoms with van der Waals surface area (Å²) in [7, 11) is -1.18. The van der Waals surface area contributed by atoms with Crippen LogP contribution in [0.4, 0.5) is 16.4 Å². The van der Waals surface area contributed by atoms with E-state index < -0.39 is 35.5 Å². The van der Waals surface area contributed by atoms with Gasteiger partial charge in [0.15, 0.2) is 0 Å². The second kappa shape index (κ2) is 12.7. The van der Waals surface area contributed by atoms with Crippen molar-refractivity contribution in [1.82, 2.24) is 20.1 Å². The number of aromatic nitrogens is 3. The highest BCUT2D eigenvalue weighted by molar-refractivity contribution is 6.76. The fourth-order valence-corrected chi connectivity index (χ4v) is 5.37. The largest absolute Gasteiger partial charge is 0.444 e. The molecule has 4 N–H and O–H groups in total. The topological polar surface area (TPSA) is 133 Å². The summed E-state index contributed by atoms with van der Waals surface area (Å²) in [5.74, 6) is -0.169. The number of nitrogen functional groups attached to an aromatic ring is 1. The number of alkyl halides is 2. The van der Waals surface area contributed by atoms with Crippen LogP contribution in [0.1, 0.15) is 52.4 Å². The Morgan fingerprint density at radius 2 is 1.73 bits per heavy atom. The first-order chi connectivity index (χ1) is 18.1. The minimum Gasteiger partial charge on any atom is -0.444 e. The molecule has 2 heterocycles. The van der Waals surface area contributed by atoms with Gasteiger partial charge in [-0.1, -0.05) is 19.6 Å². The van der Waals surface area contributed by atoms with Gasteiger partial charge in [0.25, 0.3) is 5.91 Å². The molecule has 0 aliphatic carbocycles. The molecular weight excluding hydrogens is 571 g/mol. The van der Waals surface area contributed by atoms with E-state index in [2.05, 4.69) is 40.4 Å². The molecule has 2 amide bonds. The predicted molar refractivity (Wildman–Crippen MR) is 165 cm³/mol. The number of ether oxygens (including phenoxy) is 2. The number of aryl methyl sites for hydroxylation is 1. The van der Waals surface area contributed by atoms with Gasteiger partial charge in [-0.3, -0.25) is 4.79 Å². The number of anilines is 2. The number of nitrogens with one attached hydrogen (secondary N) is 2. The van der Waals surface area contributed by atoms with Crippen LogP contribution < -0.4 is 16.4 Å². The molecule has 2 rings (SSSR count). The minimum atomic E-state index is -1.51. The highest BCUT2D eigenvalue weighted by Crippen LogP contribution is 2.34. The van der Waals surface area contributed by atoms with Crippen molar-refractivity contribution in [1.29, 1.82) is 0 Å². The third-order valence-corrected chi connectivity index (χ3v) is 7.94. The fraction of sp³-hybridized carbons (Fsp3) is 0.630. The van der Waals surface area contributed by atoms with Gasteiger partial charge in [-0.25, -0.2) is 14.5 Å². The Hall–Kier alpha value is -2.34. The molecule has 0 aliphatic rings. The van der Waals surface area contributed by atoms with Crippen LogP contribution in [0.3, 0.4) is 0 Å². The van der Waals surface area contributed by atoms with Crippen molar-refractivity contribution in [3.63, 3.8) is 0 Å². The summed E-state index contributed by atoms with van der Waals surface area (Å²) < 4.78 is 11.7. The van der Waals surface area contributed by atoms with Crippen LogP contribution in [-0.4, -0.2) is 56.9 Å². The molecule has 40 heavy (non-hydrogen) atoms. The number of halogens is 2. The monoisotopic (exact) mass is 614 g/mol. The van der Waals surface area contributed by atoms with Crippen molar-refractivity contribution < 1.29 is 19.1 Å². The summed E-state index contributed by atoms with van der Waals surface area (Å²) >= 11 is 12.5. The Morgan fingerprint density at radius 1 is 1.10 bits per heavy atom. The Balaban J connectivity index is 2.24. The molecule has 0 bridgehead atoms. The third-order valence-electron chi connectivity index (χ3n) is 5.97. The van der Waals surface area contributed by atoms with Crippen molar-refractivity contribution in [3.8, 4) is 11.1 Å². The molecule has 0 aromatic carbocycles. The van der Waals surface area contributed by atoms with Crippen LogP contribution >= 0.6 is 23.2 Å². The van der Waals surface area contributed by atoms with E-state index >= 15 is 0 Å². The average Bonchev–Trinajstić information content (AvgIpc) is 3.01. The highest BCUT2D eigenvalue weighted by atomic mass is 35.5. The van der Waals surface area contributed by atoms with E-state index in [1.165, 1.54) is 13.8 Å². The van der Waals surface area contributed by atoms with Gasteiger partial charge in [-0.05, 0) is 66.6 Å². The number of hydrogen-bond acceptors (Lipinski definition) is 7. The summed E-state index contributed by atoms with van der Waals surface area (Å²) in [6, 6.07) is 4.49. The second-order valence-corrected chi connectivity index (χ2v) is 20.2. The molecule has 0 saturated carbocycles. The summed E-state index contributed by atoms with van der Waals surface area (Å²) in [5.41, 5.74) is 7.30. The SMILES string of the molecule is Cc1nn(COCC[Si](C)(C)C)c(C)c1-c1ccc(NC(=O)[C@](C)(CC(C)(Cl)Cl)NC(=O)OC(C)(C)C)nc1N. The van der Waals surface area contributed by atoms with E-state index in [0.717, 1.165) is 23.0 Å². The number of nitrogens with two attached hydrogens (primary N) is 1. The van der Waals surface area contributed by atoms with Gasteiger partial charge in [0.05, 0.1) is 5.69 Å². The lowest BCUT2D eigenvalue weighted by Crippen LogP contribution is -2.57. The normalized spacial score (nSPS) is 14.0. The standard InChI is InChI=1S/C27H44Cl2N6O4Si/c1-17-21(18(2)35(34-17)16-38-13-14-40(8,9)10)19-11-12-20(31-22(19)30)32-23(36)26(6,15-27(7,28)29)33-24(37)39-25(3,4)5/h11-12H,13-16H2,1-10H3,(H,33,37)(H3,30,31,32,36)/t26-/m0/s1. The van der Waals surface area contributed by atoms with Gasteiger partial charge in [0.2, 0.25) is 0 Å². The van der Waals surface area contributed by atoms with E-state index in [9.17, 15) is 9.59 Å². The van der Waals surface area contributed by atoms with Crippen molar-refractivity contribution >= 4 is 54.9 Å². The zero-order valence-corrected chi connectivity index (χ0v) is 27.8. The zero-order chi connectivity index (χ0) is 30.7. The molecule has 2 aromatic rings. The molecule has 0 saturated heterocycles. The maximum atomic E-state index is 13.4. The van der Waals surface area contributed by atoms with Crippen molar-refractivity contribution in [3.05, 3.63) is 23.5 Å². The molecule has 2 aromatic heterocycles. The van der Waals surface area contributed by atoms with Crippen LogP contribution in [-0.2, 0) is 21.0 Å². The van der Waals surface area contributed by atoms with Gasteiger partial charge in [0, 0.05) is 37.9 Å². The maximum absolute atomic E-state index is 13.4.